The summed E-state index contributed by atoms with van der Waals surface area (Å²) in [4.78, 5) is 8.88. The Morgan fingerprint density at radius 1 is 0.875 bits per heavy atom. The Hall–Kier alpha value is -3.38. The van der Waals surface area contributed by atoms with E-state index in [0.29, 0.717) is 23.7 Å². The maximum Gasteiger partial charge on any atom is 0.146 e. The summed E-state index contributed by atoms with van der Waals surface area (Å²) in [5.74, 6) is 3.30. The molecule has 0 saturated heterocycles. The first-order valence-electron chi connectivity index (χ1n) is 11.3. The predicted molar refractivity (Wildman–Crippen MR) is 124 cm³/mol. The van der Waals surface area contributed by atoms with Crippen LogP contribution in [0.25, 0.3) is 22.2 Å². The molecule has 2 unspecified atom stereocenters. The number of nitrogen functional groups attached to an aromatic ring is 1. The molecule has 0 bridgehead atoms. The minimum absolute atomic E-state index is 0.127. The van der Waals surface area contributed by atoms with E-state index in [1.165, 1.54) is 0 Å². The summed E-state index contributed by atoms with van der Waals surface area (Å²) in [6.45, 7) is 0. The molecule has 2 fully saturated rings. The van der Waals surface area contributed by atoms with Crippen LogP contribution >= 0.6 is 0 Å². The highest BCUT2D eigenvalue weighted by Crippen LogP contribution is 2.50. The minimum atomic E-state index is -0.127. The Morgan fingerprint density at radius 2 is 1.56 bits per heavy atom. The molecule has 32 heavy (non-hydrogen) atoms. The van der Waals surface area contributed by atoms with Crippen molar-refractivity contribution in [3.05, 3.63) is 67.1 Å². The average molecular weight is 427 g/mol. The lowest BCUT2D eigenvalue weighted by Gasteiger charge is -2.15. The van der Waals surface area contributed by atoms with Crippen molar-refractivity contribution >= 4 is 16.9 Å². The fraction of sp³-hybridized carbons (Fsp3) is 0.308. The molecule has 6 heteroatoms. The first kappa shape index (κ1) is 19.3. The third-order valence-electron chi connectivity index (χ3n) is 7.14. The van der Waals surface area contributed by atoms with Gasteiger partial charge in [-0.15, -0.1) is 0 Å². The Morgan fingerprint density at radius 3 is 2.28 bits per heavy atom. The van der Waals surface area contributed by atoms with Crippen LogP contribution in [-0.4, -0.2) is 25.7 Å². The van der Waals surface area contributed by atoms with Crippen molar-refractivity contribution in [3.8, 4) is 22.6 Å². The Balaban J connectivity index is 1.34. The number of ether oxygens (including phenoxy) is 1. The number of aliphatic hydroxyl groups excluding tert-OH is 1. The second-order valence-corrected chi connectivity index (χ2v) is 9.12. The summed E-state index contributed by atoms with van der Waals surface area (Å²) in [6, 6.07) is 18.2. The second-order valence-electron chi connectivity index (χ2n) is 9.12. The molecule has 2 aliphatic carbocycles. The lowest BCUT2D eigenvalue weighted by molar-refractivity contribution is 0.169. The van der Waals surface area contributed by atoms with E-state index < -0.39 is 0 Å². The van der Waals surface area contributed by atoms with Gasteiger partial charge in [0.25, 0.3) is 0 Å². The number of nitrogens with two attached hydrogens (primary N) is 1. The van der Waals surface area contributed by atoms with Crippen LogP contribution in [0.3, 0.4) is 0 Å². The zero-order valence-electron chi connectivity index (χ0n) is 17.8. The van der Waals surface area contributed by atoms with Crippen LogP contribution in [0.15, 0.2) is 67.1 Å². The van der Waals surface area contributed by atoms with E-state index >= 15 is 0 Å². The smallest absolute Gasteiger partial charge is 0.146 e. The maximum atomic E-state index is 10.0. The molecule has 2 aliphatic rings. The lowest BCUT2D eigenvalue weighted by Crippen LogP contribution is -2.09. The number of hydrogen-bond acceptors (Lipinski definition) is 5. The first-order chi connectivity index (χ1) is 15.7. The number of para-hydroxylation sites is 1. The number of anilines is 1. The molecule has 3 N–H and O–H groups in total. The van der Waals surface area contributed by atoms with Gasteiger partial charge in [-0.25, -0.2) is 9.97 Å². The SMILES string of the molecule is Nc1ncnc2c1c(-c1ccc(Oc3ccccc3)cc1)cn2C1CC2CC(O)CC2C1. The molecule has 6 rings (SSSR count). The van der Waals surface area contributed by atoms with Crippen molar-refractivity contribution in [1.82, 2.24) is 14.5 Å². The van der Waals surface area contributed by atoms with Gasteiger partial charge in [0.1, 0.15) is 29.3 Å². The standard InChI is InChI=1S/C26H26N4O2/c27-25-24-23(16-6-8-22(9-7-16)32-21-4-2-1-3-5-21)14-30(26(24)29-15-28-25)19-10-17-12-20(31)13-18(17)11-19/h1-9,14-15,17-20,31H,10-13H2,(H2,27,28,29). The van der Waals surface area contributed by atoms with Crippen LogP contribution in [0, 0.1) is 11.8 Å². The highest BCUT2D eigenvalue weighted by molar-refractivity contribution is 6.00. The van der Waals surface area contributed by atoms with Gasteiger partial charge in [0.05, 0.1) is 11.5 Å². The molecule has 6 nitrogen and oxygen atoms in total. The predicted octanol–water partition coefficient (Wildman–Crippen LogP) is 5.19. The monoisotopic (exact) mass is 426 g/mol. The zero-order valence-corrected chi connectivity index (χ0v) is 17.8. The van der Waals surface area contributed by atoms with E-state index in [1.807, 2.05) is 42.5 Å². The van der Waals surface area contributed by atoms with Crippen molar-refractivity contribution in [3.63, 3.8) is 0 Å². The van der Waals surface area contributed by atoms with Gasteiger partial charge in [-0.1, -0.05) is 30.3 Å². The van der Waals surface area contributed by atoms with Gasteiger partial charge >= 0.3 is 0 Å². The van der Waals surface area contributed by atoms with Gasteiger partial charge in [0, 0.05) is 17.8 Å². The fourth-order valence-electron chi connectivity index (χ4n) is 5.71. The van der Waals surface area contributed by atoms with Crippen LogP contribution in [0.1, 0.15) is 31.7 Å². The molecule has 4 aromatic rings. The molecule has 0 radical (unpaired) electrons. The lowest BCUT2D eigenvalue weighted by atomic mass is 10.0. The Kier molecular flexibility index (Phi) is 4.61. The highest BCUT2D eigenvalue weighted by Gasteiger charge is 2.42. The molecule has 2 saturated carbocycles. The Labute approximate surface area is 186 Å². The molecule has 2 atom stereocenters. The summed E-state index contributed by atoms with van der Waals surface area (Å²) in [6.07, 6.45) is 7.62. The molecule has 162 valence electrons. The molecule has 2 heterocycles. The van der Waals surface area contributed by atoms with Crippen LogP contribution in [0.4, 0.5) is 5.82 Å². The zero-order chi connectivity index (χ0) is 21.7. The summed E-state index contributed by atoms with van der Waals surface area (Å²) < 4.78 is 8.24. The summed E-state index contributed by atoms with van der Waals surface area (Å²) in [5, 5.41) is 10.9. The molecule has 0 spiro atoms. The van der Waals surface area contributed by atoms with Gasteiger partial charge in [0.15, 0.2) is 0 Å². The number of fused-ring (bicyclic) bond motifs is 2. The van der Waals surface area contributed by atoms with Crippen molar-refractivity contribution in [1.29, 1.82) is 0 Å². The maximum absolute atomic E-state index is 10.0. The number of hydrogen-bond donors (Lipinski definition) is 2. The third kappa shape index (κ3) is 3.31. The normalized spacial score (nSPS) is 24.7. The largest absolute Gasteiger partial charge is 0.457 e. The van der Waals surface area contributed by atoms with Crippen LogP contribution in [0.5, 0.6) is 11.5 Å². The summed E-state index contributed by atoms with van der Waals surface area (Å²) in [5.41, 5.74) is 9.32. The van der Waals surface area contributed by atoms with Crippen LogP contribution in [0.2, 0.25) is 0 Å². The van der Waals surface area contributed by atoms with Crippen molar-refractivity contribution in [2.75, 3.05) is 5.73 Å². The van der Waals surface area contributed by atoms with Gasteiger partial charge in [-0.3, -0.25) is 0 Å². The third-order valence-corrected chi connectivity index (χ3v) is 7.14. The quantitative estimate of drug-likeness (QED) is 0.469. The van der Waals surface area contributed by atoms with E-state index in [2.05, 4.69) is 32.9 Å². The number of benzene rings is 2. The van der Waals surface area contributed by atoms with Gasteiger partial charge in [-0.05, 0) is 67.3 Å². The molecule has 0 amide bonds. The van der Waals surface area contributed by atoms with Crippen LogP contribution in [-0.2, 0) is 0 Å². The van der Waals surface area contributed by atoms with Crippen molar-refractivity contribution in [2.45, 2.75) is 37.8 Å². The van der Waals surface area contributed by atoms with E-state index in [1.54, 1.807) is 6.33 Å². The number of nitrogens with zero attached hydrogens (tertiary/aromatic N) is 3. The number of aromatic nitrogens is 3. The number of rotatable bonds is 4. The van der Waals surface area contributed by atoms with Crippen LogP contribution < -0.4 is 10.5 Å². The number of aliphatic hydroxyl groups is 1. The van der Waals surface area contributed by atoms with E-state index in [9.17, 15) is 5.11 Å². The topological polar surface area (TPSA) is 86.2 Å². The summed E-state index contributed by atoms with van der Waals surface area (Å²) in [7, 11) is 0. The van der Waals surface area contributed by atoms with E-state index in [-0.39, 0.29) is 6.10 Å². The molecule has 2 aromatic heterocycles. The average Bonchev–Trinajstić information content (AvgIpc) is 3.46. The highest BCUT2D eigenvalue weighted by atomic mass is 16.5. The fourth-order valence-corrected chi connectivity index (χ4v) is 5.71. The molecular formula is C26H26N4O2. The molecular weight excluding hydrogens is 400 g/mol. The second kappa shape index (κ2) is 7.64. The Bertz CT molecular complexity index is 1240. The van der Waals surface area contributed by atoms with Crippen molar-refractivity contribution in [2.24, 2.45) is 11.8 Å². The first-order valence-corrected chi connectivity index (χ1v) is 11.3. The van der Waals surface area contributed by atoms with Gasteiger partial charge < -0.3 is 20.1 Å². The van der Waals surface area contributed by atoms with Gasteiger partial charge in [0.2, 0.25) is 0 Å². The molecule has 0 aliphatic heterocycles. The van der Waals surface area contributed by atoms with Gasteiger partial charge in [-0.2, -0.15) is 0 Å². The van der Waals surface area contributed by atoms with E-state index in [4.69, 9.17) is 10.5 Å². The molecule has 2 aromatic carbocycles. The summed E-state index contributed by atoms with van der Waals surface area (Å²) >= 11 is 0. The minimum Gasteiger partial charge on any atom is -0.457 e. The van der Waals surface area contributed by atoms with E-state index in [0.717, 1.165) is 59.3 Å². The van der Waals surface area contributed by atoms with Crippen molar-refractivity contribution < 1.29 is 9.84 Å².